The van der Waals surface area contributed by atoms with E-state index in [2.05, 4.69) is 10.6 Å². The van der Waals surface area contributed by atoms with Gasteiger partial charge in [-0.15, -0.1) is 0 Å². The van der Waals surface area contributed by atoms with Crippen LogP contribution in [-0.2, 0) is 4.79 Å². The number of hydrogen-bond acceptors (Lipinski definition) is 2. The zero-order valence-electron chi connectivity index (χ0n) is 9.54. The lowest BCUT2D eigenvalue weighted by Gasteiger charge is -2.13. The number of amides is 2. The van der Waals surface area contributed by atoms with Gasteiger partial charge >= 0.3 is 12.0 Å². The molecule has 98 valence electrons. The highest BCUT2D eigenvalue weighted by atomic mass is 35.5. The van der Waals surface area contributed by atoms with Crippen molar-refractivity contribution in [2.24, 2.45) is 0 Å². The van der Waals surface area contributed by atoms with E-state index in [0.29, 0.717) is 0 Å². The van der Waals surface area contributed by atoms with E-state index in [1.165, 1.54) is 6.07 Å². The predicted molar refractivity (Wildman–Crippen MR) is 65.3 cm³/mol. The molecule has 0 bridgehead atoms. The zero-order chi connectivity index (χ0) is 13.7. The van der Waals surface area contributed by atoms with Gasteiger partial charge in [-0.2, -0.15) is 0 Å². The Morgan fingerprint density at radius 3 is 2.72 bits per heavy atom. The first-order valence-electron chi connectivity index (χ1n) is 5.19. The molecule has 1 aromatic carbocycles. The van der Waals surface area contributed by atoms with Gasteiger partial charge in [0.05, 0.1) is 10.7 Å². The second kappa shape index (κ2) is 6.20. The molecule has 1 atom stereocenters. The summed E-state index contributed by atoms with van der Waals surface area (Å²) in [4.78, 5) is 22.2. The standard InChI is InChI=1S/C11H12ClFN2O3/c1-2-8(10(16)17)14-11(18)15-9-5-6(13)3-4-7(9)12/h3-5,8H,2H2,1H3,(H,16,17)(H2,14,15,18). The van der Waals surface area contributed by atoms with Crippen molar-refractivity contribution >= 4 is 29.3 Å². The Labute approximate surface area is 108 Å². The highest BCUT2D eigenvalue weighted by molar-refractivity contribution is 6.33. The van der Waals surface area contributed by atoms with E-state index in [4.69, 9.17) is 16.7 Å². The van der Waals surface area contributed by atoms with Crippen LogP contribution in [0.1, 0.15) is 13.3 Å². The topological polar surface area (TPSA) is 78.4 Å². The third-order valence-corrected chi connectivity index (χ3v) is 2.52. The molecule has 0 saturated heterocycles. The summed E-state index contributed by atoms with van der Waals surface area (Å²) in [7, 11) is 0. The van der Waals surface area contributed by atoms with Gasteiger partial charge in [0.2, 0.25) is 0 Å². The number of hydrogen-bond donors (Lipinski definition) is 3. The Morgan fingerprint density at radius 2 is 2.17 bits per heavy atom. The molecule has 0 radical (unpaired) electrons. The summed E-state index contributed by atoms with van der Waals surface area (Å²) < 4.78 is 12.9. The van der Waals surface area contributed by atoms with E-state index in [-0.39, 0.29) is 17.1 Å². The Hall–Kier alpha value is -1.82. The molecule has 0 aliphatic heterocycles. The van der Waals surface area contributed by atoms with E-state index < -0.39 is 23.9 Å². The van der Waals surface area contributed by atoms with Crippen molar-refractivity contribution in [3.63, 3.8) is 0 Å². The zero-order valence-corrected chi connectivity index (χ0v) is 10.3. The molecular weight excluding hydrogens is 263 g/mol. The number of rotatable bonds is 4. The van der Waals surface area contributed by atoms with Crippen LogP contribution >= 0.6 is 11.6 Å². The largest absolute Gasteiger partial charge is 0.480 e. The molecule has 0 aliphatic carbocycles. The summed E-state index contributed by atoms with van der Waals surface area (Å²) in [5, 5.41) is 13.4. The fourth-order valence-corrected chi connectivity index (χ4v) is 1.41. The number of carbonyl (C=O) groups excluding carboxylic acids is 1. The second-order valence-corrected chi connectivity index (χ2v) is 3.93. The van der Waals surface area contributed by atoms with Crippen LogP contribution < -0.4 is 10.6 Å². The van der Waals surface area contributed by atoms with Crippen molar-refractivity contribution in [2.45, 2.75) is 19.4 Å². The number of benzene rings is 1. The molecule has 0 fully saturated rings. The number of carboxylic acid groups (broad SMARTS) is 1. The van der Waals surface area contributed by atoms with Crippen LogP contribution in [0.25, 0.3) is 0 Å². The van der Waals surface area contributed by atoms with E-state index in [0.717, 1.165) is 12.1 Å². The molecule has 2 amide bonds. The summed E-state index contributed by atoms with van der Waals surface area (Å²) in [6.45, 7) is 1.62. The van der Waals surface area contributed by atoms with Crippen LogP contribution in [0.2, 0.25) is 5.02 Å². The summed E-state index contributed by atoms with van der Waals surface area (Å²) in [6, 6.07) is 1.73. The minimum Gasteiger partial charge on any atom is -0.480 e. The quantitative estimate of drug-likeness (QED) is 0.789. The van der Waals surface area contributed by atoms with Gasteiger partial charge in [-0.05, 0) is 24.6 Å². The number of urea groups is 1. The van der Waals surface area contributed by atoms with Crippen LogP contribution in [0.4, 0.5) is 14.9 Å². The number of nitrogens with one attached hydrogen (secondary N) is 2. The van der Waals surface area contributed by atoms with E-state index in [1.807, 2.05) is 0 Å². The monoisotopic (exact) mass is 274 g/mol. The second-order valence-electron chi connectivity index (χ2n) is 3.52. The highest BCUT2D eigenvalue weighted by Crippen LogP contribution is 2.22. The third-order valence-electron chi connectivity index (χ3n) is 2.19. The van der Waals surface area contributed by atoms with Gasteiger partial charge in [0.15, 0.2) is 0 Å². The maximum absolute atomic E-state index is 12.9. The van der Waals surface area contributed by atoms with Crippen molar-refractivity contribution in [1.29, 1.82) is 0 Å². The Morgan fingerprint density at radius 1 is 1.50 bits per heavy atom. The van der Waals surface area contributed by atoms with Crippen molar-refractivity contribution in [2.75, 3.05) is 5.32 Å². The number of halogens is 2. The third kappa shape index (κ3) is 3.89. The van der Waals surface area contributed by atoms with Gasteiger partial charge in [-0.1, -0.05) is 18.5 Å². The summed E-state index contributed by atoms with van der Waals surface area (Å²) in [5.74, 6) is -1.70. The molecule has 18 heavy (non-hydrogen) atoms. The van der Waals surface area contributed by atoms with Gasteiger partial charge in [0, 0.05) is 0 Å². The first kappa shape index (κ1) is 14.2. The number of aliphatic carboxylic acids is 1. The molecule has 0 saturated carbocycles. The lowest BCUT2D eigenvalue weighted by Crippen LogP contribution is -2.42. The van der Waals surface area contributed by atoms with Crippen LogP contribution in [0.5, 0.6) is 0 Å². The van der Waals surface area contributed by atoms with E-state index >= 15 is 0 Å². The molecule has 0 heterocycles. The van der Waals surface area contributed by atoms with Crippen molar-refractivity contribution < 1.29 is 19.1 Å². The molecule has 3 N–H and O–H groups in total. The Kier molecular flexibility index (Phi) is 4.91. The lowest BCUT2D eigenvalue weighted by molar-refractivity contribution is -0.139. The van der Waals surface area contributed by atoms with Gasteiger partial charge in [-0.25, -0.2) is 14.0 Å². The fourth-order valence-electron chi connectivity index (χ4n) is 1.25. The smallest absolute Gasteiger partial charge is 0.326 e. The van der Waals surface area contributed by atoms with Crippen molar-refractivity contribution in [1.82, 2.24) is 5.32 Å². The minimum atomic E-state index is -1.14. The predicted octanol–water partition coefficient (Wildman–Crippen LogP) is 2.46. The Bertz CT molecular complexity index is 468. The van der Waals surface area contributed by atoms with E-state index in [9.17, 15) is 14.0 Å². The fraction of sp³-hybridized carbons (Fsp3) is 0.273. The molecule has 0 aromatic heterocycles. The molecule has 7 heteroatoms. The van der Waals surface area contributed by atoms with Crippen LogP contribution in [0.3, 0.4) is 0 Å². The lowest BCUT2D eigenvalue weighted by atomic mass is 10.2. The van der Waals surface area contributed by atoms with E-state index in [1.54, 1.807) is 6.92 Å². The van der Waals surface area contributed by atoms with Crippen molar-refractivity contribution in [3.8, 4) is 0 Å². The van der Waals surface area contributed by atoms with Gasteiger partial charge in [0.1, 0.15) is 11.9 Å². The molecule has 1 rings (SSSR count). The summed E-state index contributed by atoms with van der Waals surface area (Å²) in [5.41, 5.74) is 0.0782. The van der Waals surface area contributed by atoms with Gasteiger partial charge in [0.25, 0.3) is 0 Å². The van der Waals surface area contributed by atoms with Crippen LogP contribution in [0, 0.1) is 5.82 Å². The SMILES string of the molecule is CCC(NC(=O)Nc1cc(F)ccc1Cl)C(=O)O. The molecule has 5 nitrogen and oxygen atoms in total. The highest BCUT2D eigenvalue weighted by Gasteiger charge is 2.17. The van der Waals surface area contributed by atoms with Crippen LogP contribution in [0.15, 0.2) is 18.2 Å². The molecule has 0 spiro atoms. The summed E-state index contributed by atoms with van der Waals surface area (Å²) in [6.07, 6.45) is 0.236. The summed E-state index contributed by atoms with van der Waals surface area (Å²) >= 11 is 5.75. The molecule has 1 aromatic rings. The number of carbonyl (C=O) groups is 2. The average Bonchev–Trinajstić information content (AvgIpc) is 2.30. The van der Waals surface area contributed by atoms with Gasteiger partial charge < -0.3 is 15.7 Å². The molecule has 0 aliphatic rings. The molecule has 1 unspecified atom stereocenters. The number of carboxylic acids is 1. The maximum Gasteiger partial charge on any atom is 0.326 e. The maximum atomic E-state index is 12.9. The minimum absolute atomic E-state index is 0.0782. The first-order chi connectivity index (χ1) is 8.43. The first-order valence-corrected chi connectivity index (χ1v) is 5.57. The van der Waals surface area contributed by atoms with Crippen LogP contribution in [-0.4, -0.2) is 23.1 Å². The average molecular weight is 275 g/mol. The number of anilines is 1. The van der Waals surface area contributed by atoms with Gasteiger partial charge in [-0.3, -0.25) is 0 Å². The normalized spacial score (nSPS) is 11.7. The molecular formula is C11H12ClFN2O3. The Balaban J connectivity index is 2.70. The van der Waals surface area contributed by atoms with Crippen molar-refractivity contribution in [3.05, 3.63) is 29.0 Å².